The van der Waals surface area contributed by atoms with E-state index in [4.69, 9.17) is 21.7 Å². The van der Waals surface area contributed by atoms with E-state index >= 15 is 0 Å². The van der Waals surface area contributed by atoms with E-state index in [-0.39, 0.29) is 11.0 Å². The summed E-state index contributed by atoms with van der Waals surface area (Å²) in [7, 11) is 0. The second-order valence-electron chi connectivity index (χ2n) is 8.31. The number of hydrogen-bond donors (Lipinski definition) is 2. The van der Waals surface area contributed by atoms with Crippen molar-refractivity contribution in [1.82, 2.24) is 5.32 Å². The second-order valence-corrected chi connectivity index (χ2v) is 8.72. The number of nitrogens with one attached hydrogen (secondary N) is 2. The first-order chi connectivity index (χ1) is 17.1. The monoisotopic (exact) mass is 490 g/mol. The molecule has 3 rings (SSSR count). The Morgan fingerprint density at radius 2 is 1.51 bits per heavy atom. The average Bonchev–Trinajstić information content (AvgIpc) is 2.87. The molecule has 35 heavy (non-hydrogen) atoms. The molecule has 0 radical (unpaired) electrons. The third kappa shape index (κ3) is 9.79. The van der Waals surface area contributed by atoms with Crippen molar-refractivity contribution in [3.63, 3.8) is 0 Å². The fourth-order valence-corrected chi connectivity index (χ4v) is 3.77. The molecule has 0 fully saturated rings. The first kappa shape index (κ1) is 26.2. The Hall–Kier alpha value is -3.38. The predicted molar refractivity (Wildman–Crippen MR) is 146 cm³/mol. The van der Waals surface area contributed by atoms with Gasteiger partial charge in [-0.25, -0.2) is 0 Å². The molecule has 184 valence electrons. The lowest BCUT2D eigenvalue weighted by Gasteiger charge is -2.12. The highest BCUT2D eigenvalue weighted by atomic mass is 32.1. The highest BCUT2D eigenvalue weighted by Crippen LogP contribution is 2.18. The quantitative estimate of drug-likeness (QED) is 0.204. The van der Waals surface area contributed by atoms with E-state index in [2.05, 4.69) is 29.7 Å². The Labute approximate surface area is 213 Å². The maximum absolute atomic E-state index is 12.7. The van der Waals surface area contributed by atoms with Crippen molar-refractivity contribution in [3.05, 3.63) is 90.0 Å². The topological polar surface area (TPSA) is 59.6 Å². The molecular formula is C29H34N2O3S. The van der Waals surface area contributed by atoms with Crippen molar-refractivity contribution in [2.24, 2.45) is 0 Å². The smallest absolute Gasteiger partial charge is 0.257 e. The van der Waals surface area contributed by atoms with E-state index in [9.17, 15) is 4.79 Å². The molecule has 0 bridgehead atoms. The molecule has 0 aliphatic carbocycles. The van der Waals surface area contributed by atoms with Crippen molar-refractivity contribution in [1.29, 1.82) is 0 Å². The van der Waals surface area contributed by atoms with Gasteiger partial charge in [-0.3, -0.25) is 10.1 Å². The van der Waals surface area contributed by atoms with Crippen LogP contribution in [0.5, 0.6) is 11.5 Å². The molecular weight excluding hydrogens is 456 g/mol. The number of benzene rings is 3. The average molecular weight is 491 g/mol. The van der Waals surface area contributed by atoms with Gasteiger partial charge in [0, 0.05) is 23.7 Å². The molecule has 5 nitrogen and oxygen atoms in total. The number of anilines is 1. The normalized spacial score (nSPS) is 10.4. The number of amides is 1. The van der Waals surface area contributed by atoms with Crippen molar-refractivity contribution in [2.75, 3.05) is 18.5 Å². The zero-order valence-corrected chi connectivity index (χ0v) is 21.1. The maximum atomic E-state index is 12.7. The van der Waals surface area contributed by atoms with Gasteiger partial charge >= 0.3 is 0 Å². The van der Waals surface area contributed by atoms with Crippen LogP contribution >= 0.6 is 12.2 Å². The Morgan fingerprint density at radius 3 is 2.31 bits per heavy atom. The van der Waals surface area contributed by atoms with E-state index in [0.29, 0.717) is 24.5 Å². The molecule has 6 heteroatoms. The summed E-state index contributed by atoms with van der Waals surface area (Å²) in [5, 5.41) is 6.01. The SMILES string of the molecule is CCCCCCCOc1cccc(NC(=S)NC(=O)c2cccc(OCCc3ccccc3)c2)c1. The number of carbonyl (C=O) groups is 1. The van der Waals surface area contributed by atoms with Crippen LogP contribution in [0, 0.1) is 0 Å². The highest BCUT2D eigenvalue weighted by Gasteiger charge is 2.10. The van der Waals surface area contributed by atoms with E-state index < -0.39 is 0 Å². The molecule has 0 atom stereocenters. The first-order valence-electron chi connectivity index (χ1n) is 12.3. The number of ether oxygens (including phenoxy) is 2. The fraction of sp³-hybridized carbons (Fsp3) is 0.310. The van der Waals surface area contributed by atoms with Gasteiger partial charge in [-0.1, -0.05) is 75.1 Å². The molecule has 0 saturated carbocycles. The maximum Gasteiger partial charge on any atom is 0.257 e. The Balaban J connectivity index is 1.44. The summed E-state index contributed by atoms with van der Waals surface area (Å²) in [4.78, 5) is 12.7. The lowest BCUT2D eigenvalue weighted by atomic mass is 10.2. The van der Waals surface area contributed by atoms with Gasteiger partial charge in [-0.15, -0.1) is 0 Å². The molecule has 0 aromatic heterocycles. The van der Waals surface area contributed by atoms with Crippen LogP contribution in [0.3, 0.4) is 0 Å². The van der Waals surface area contributed by atoms with Crippen LogP contribution in [0.4, 0.5) is 5.69 Å². The summed E-state index contributed by atoms with van der Waals surface area (Å²) in [6.07, 6.45) is 6.78. The number of hydrogen-bond acceptors (Lipinski definition) is 4. The summed E-state index contributed by atoms with van der Waals surface area (Å²) in [5.74, 6) is 1.13. The van der Waals surface area contributed by atoms with E-state index in [1.165, 1.54) is 31.2 Å². The molecule has 0 heterocycles. The third-order valence-electron chi connectivity index (χ3n) is 5.43. The van der Waals surface area contributed by atoms with Crippen molar-refractivity contribution >= 4 is 28.9 Å². The third-order valence-corrected chi connectivity index (χ3v) is 5.64. The fourth-order valence-electron chi connectivity index (χ4n) is 3.56. The minimum Gasteiger partial charge on any atom is -0.494 e. The number of carbonyl (C=O) groups excluding carboxylic acids is 1. The Bertz CT molecular complexity index is 1070. The van der Waals surface area contributed by atoms with Gasteiger partial charge in [0.05, 0.1) is 13.2 Å². The number of thiocarbonyl (C=S) groups is 1. The van der Waals surface area contributed by atoms with Crippen LogP contribution in [0.1, 0.15) is 54.9 Å². The molecule has 0 aliphatic heterocycles. The summed E-state index contributed by atoms with van der Waals surface area (Å²) in [6, 6.07) is 24.8. The minimum absolute atomic E-state index is 0.224. The predicted octanol–water partition coefficient (Wildman–Crippen LogP) is 6.78. The molecule has 0 saturated heterocycles. The van der Waals surface area contributed by atoms with Gasteiger partial charge in [0.15, 0.2) is 5.11 Å². The molecule has 0 spiro atoms. The molecule has 3 aromatic carbocycles. The summed E-state index contributed by atoms with van der Waals surface area (Å²) >= 11 is 5.34. The molecule has 1 amide bonds. The minimum atomic E-state index is -0.296. The lowest BCUT2D eigenvalue weighted by Crippen LogP contribution is -2.34. The van der Waals surface area contributed by atoms with Crippen LogP contribution in [0.25, 0.3) is 0 Å². The van der Waals surface area contributed by atoms with Gasteiger partial charge in [0.1, 0.15) is 11.5 Å². The summed E-state index contributed by atoms with van der Waals surface area (Å²) in [5.41, 5.74) is 2.45. The van der Waals surface area contributed by atoms with E-state index in [1.54, 1.807) is 18.2 Å². The Morgan fingerprint density at radius 1 is 0.800 bits per heavy atom. The van der Waals surface area contributed by atoms with Crippen LogP contribution in [0.15, 0.2) is 78.9 Å². The van der Waals surface area contributed by atoms with Crippen LogP contribution in [0.2, 0.25) is 0 Å². The van der Waals surface area contributed by atoms with Gasteiger partial charge in [0.25, 0.3) is 5.91 Å². The Kier molecular flexibility index (Phi) is 11.1. The first-order valence-corrected chi connectivity index (χ1v) is 12.7. The van der Waals surface area contributed by atoms with Crippen LogP contribution < -0.4 is 20.1 Å². The second kappa shape index (κ2) is 14.8. The molecule has 3 aromatic rings. The molecule has 0 unspecified atom stereocenters. The van der Waals surface area contributed by atoms with Crippen molar-refractivity contribution in [2.45, 2.75) is 45.4 Å². The van der Waals surface area contributed by atoms with E-state index in [1.807, 2.05) is 48.5 Å². The van der Waals surface area contributed by atoms with Gasteiger partial charge in [-0.2, -0.15) is 0 Å². The number of rotatable bonds is 13. The van der Waals surface area contributed by atoms with Crippen LogP contribution in [-0.2, 0) is 6.42 Å². The largest absolute Gasteiger partial charge is 0.494 e. The van der Waals surface area contributed by atoms with E-state index in [0.717, 1.165) is 24.3 Å². The van der Waals surface area contributed by atoms with Gasteiger partial charge in [0.2, 0.25) is 0 Å². The van der Waals surface area contributed by atoms with Gasteiger partial charge < -0.3 is 14.8 Å². The summed E-state index contributed by atoms with van der Waals surface area (Å²) < 4.78 is 11.7. The lowest BCUT2D eigenvalue weighted by molar-refractivity contribution is 0.0977. The highest BCUT2D eigenvalue weighted by molar-refractivity contribution is 7.80. The molecule has 2 N–H and O–H groups in total. The van der Waals surface area contributed by atoms with Crippen molar-refractivity contribution in [3.8, 4) is 11.5 Å². The zero-order chi connectivity index (χ0) is 24.7. The summed E-state index contributed by atoms with van der Waals surface area (Å²) in [6.45, 7) is 3.44. The van der Waals surface area contributed by atoms with Crippen LogP contribution in [-0.4, -0.2) is 24.2 Å². The number of unbranched alkanes of at least 4 members (excludes halogenated alkanes) is 4. The molecule has 0 aliphatic rings. The van der Waals surface area contributed by atoms with Crippen molar-refractivity contribution < 1.29 is 14.3 Å². The van der Waals surface area contributed by atoms with Gasteiger partial charge in [-0.05, 0) is 54.5 Å². The standard InChI is InChI=1S/C29H34N2O3S/c1-2-3-4-5-9-19-33-27-17-11-15-25(22-27)30-29(35)31-28(32)24-14-10-16-26(21-24)34-20-18-23-12-7-6-8-13-23/h6-8,10-17,21-22H,2-5,9,18-20H2,1H3,(H2,30,31,32,35). The zero-order valence-electron chi connectivity index (χ0n) is 20.3.